The van der Waals surface area contributed by atoms with Crippen LogP contribution in [0.1, 0.15) is 31.2 Å². The van der Waals surface area contributed by atoms with Gasteiger partial charge in [0.25, 0.3) is 0 Å². The molecule has 3 N–H and O–H groups in total. The van der Waals surface area contributed by atoms with Crippen molar-refractivity contribution in [2.45, 2.75) is 38.1 Å². The molecule has 0 aliphatic heterocycles. The summed E-state index contributed by atoms with van der Waals surface area (Å²) in [7, 11) is 0. The third-order valence-corrected chi connectivity index (χ3v) is 5.19. The highest BCUT2D eigenvalue weighted by Gasteiger charge is 2.28. The number of hydrogen-bond acceptors (Lipinski definition) is 3. The lowest BCUT2D eigenvalue weighted by Gasteiger charge is -2.11. The smallest absolute Gasteiger partial charge is 0.220 e. The molecule has 1 aliphatic rings. The minimum absolute atomic E-state index is 0.130. The number of amides is 1. The van der Waals surface area contributed by atoms with Gasteiger partial charge >= 0.3 is 0 Å². The van der Waals surface area contributed by atoms with Crippen LogP contribution < -0.4 is 11.1 Å². The molecule has 21 heavy (non-hydrogen) atoms. The Balaban J connectivity index is 1.42. The second kappa shape index (κ2) is 6.58. The molecule has 1 saturated carbocycles. The third kappa shape index (κ3) is 3.83. The Bertz CT molecular complexity index is 618. The standard InChI is InChI=1S/C17H22N2OS/c18-15(12-8-9-12)10-19-17(20)7-3-4-13-11-21-16-6-2-1-5-14(13)16/h1-2,5-6,11-12,15H,3-4,7-10,18H2,(H,19,20). The highest BCUT2D eigenvalue weighted by atomic mass is 32.1. The number of carbonyl (C=O) groups excluding carboxylic acids is 1. The zero-order valence-electron chi connectivity index (χ0n) is 12.2. The molecule has 4 heteroatoms. The van der Waals surface area contributed by atoms with Gasteiger partial charge in [-0.3, -0.25) is 4.79 Å². The van der Waals surface area contributed by atoms with E-state index in [-0.39, 0.29) is 11.9 Å². The summed E-state index contributed by atoms with van der Waals surface area (Å²) in [6.07, 6.45) is 4.89. The normalized spacial score (nSPS) is 16.0. The highest BCUT2D eigenvalue weighted by Crippen LogP contribution is 2.31. The van der Waals surface area contributed by atoms with Gasteiger partial charge in [-0.05, 0) is 54.0 Å². The van der Waals surface area contributed by atoms with E-state index < -0.39 is 0 Å². The second-order valence-corrected chi connectivity index (χ2v) is 6.83. The monoisotopic (exact) mass is 302 g/mol. The molecule has 0 saturated heterocycles. The van der Waals surface area contributed by atoms with E-state index in [1.165, 1.54) is 28.5 Å². The maximum Gasteiger partial charge on any atom is 0.220 e. The molecule has 1 fully saturated rings. The van der Waals surface area contributed by atoms with Crippen molar-refractivity contribution in [3.63, 3.8) is 0 Å². The van der Waals surface area contributed by atoms with Crippen LogP contribution in [0.15, 0.2) is 29.6 Å². The second-order valence-electron chi connectivity index (χ2n) is 5.92. The summed E-state index contributed by atoms with van der Waals surface area (Å²) in [6, 6.07) is 8.60. The Morgan fingerprint density at radius 3 is 3.00 bits per heavy atom. The van der Waals surface area contributed by atoms with E-state index in [0.29, 0.717) is 18.9 Å². The van der Waals surface area contributed by atoms with Crippen molar-refractivity contribution in [1.29, 1.82) is 0 Å². The SMILES string of the molecule is NC(CNC(=O)CCCc1csc2ccccc12)C1CC1. The van der Waals surface area contributed by atoms with Gasteiger partial charge in [-0.25, -0.2) is 0 Å². The van der Waals surface area contributed by atoms with Gasteiger partial charge in [-0.1, -0.05) is 18.2 Å². The van der Waals surface area contributed by atoms with Crippen molar-refractivity contribution in [2.24, 2.45) is 11.7 Å². The number of fused-ring (bicyclic) bond motifs is 1. The molecule has 1 unspecified atom stereocenters. The molecule has 1 atom stereocenters. The molecule has 1 aromatic heterocycles. The minimum atomic E-state index is 0.130. The summed E-state index contributed by atoms with van der Waals surface area (Å²) in [4.78, 5) is 11.8. The fraction of sp³-hybridized carbons (Fsp3) is 0.471. The molecule has 1 aromatic carbocycles. The number of nitrogens with two attached hydrogens (primary N) is 1. The molecule has 0 bridgehead atoms. The summed E-state index contributed by atoms with van der Waals surface area (Å²) in [6.45, 7) is 0.630. The van der Waals surface area contributed by atoms with E-state index in [1.807, 2.05) is 0 Å². The zero-order valence-corrected chi connectivity index (χ0v) is 13.0. The average molecular weight is 302 g/mol. The fourth-order valence-corrected chi connectivity index (χ4v) is 3.67. The van der Waals surface area contributed by atoms with Crippen molar-refractivity contribution in [3.8, 4) is 0 Å². The molecule has 0 radical (unpaired) electrons. The molecule has 0 spiro atoms. The molecule has 1 aliphatic carbocycles. The van der Waals surface area contributed by atoms with Gasteiger partial charge in [0, 0.05) is 23.7 Å². The first kappa shape index (κ1) is 14.5. The lowest BCUT2D eigenvalue weighted by atomic mass is 10.1. The van der Waals surface area contributed by atoms with Gasteiger partial charge in [0.1, 0.15) is 0 Å². The van der Waals surface area contributed by atoms with Crippen LogP contribution in [0.4, 0.5) is 0 Å². The van der Waals surface area contributed by atoms with E-state index in [1.54, 1.807) is 11.3 Å². The minimum Gasteiger partial charge on any atom is -0.355 e. The quantitative estimate of drug-likeness (QED) is 0.826. The number of aryl methyl sites for hydroxylation is 1. The molecular weight excluding hydrogens is 280 g/mol. The Hall–Kier alpha value is -1.39. The molecule has 1 amide bonds. The van der Waals surface area contributed by atoms with Crippen LogP contribution in [0.25, 0.3) is 10.1 Å². The van der Waals surface area contributed by atoms with Gasteiger partial charge in [-0.15, -0.1) is 11.3 Å². The predicted molar refractivity (Wildman–Crippen MR) is 88.5 cm³/mol. The lowest BCUT2D eigenvalue weighted by molar-refractivity contribution is -0.121. The van der Waals surface area contributed by atoms with Gasteiger partial charge in [0.15, 0.2) is 0 Å². The van der Waals surface area contributed by atoms with Crippen LogP contribution in [0.2, 0.25) is 0 Å². The van der Waals surface area contributed by atoms with Gasteiger partial charge in [0.2, 0.25) is 5.91 Å². The van der Waals surface area contributed by atoms with E-state index in [4.69, 9.17) is 5.73 Å². The topological polar surface area (TPSA) is 55.1 Å². The van der Waals surface area contributed by atoms with Crippen molar-refractivity contribution in [1.82, 2.24) is 5.32 Å². The number of thiophene rings is 1. The summed E-state index contributed by atoms with van der Waals surface area (Å²) in [5.74, 6) is 0.771. The van der Waals surface area contributed by atoms with Gasteiger partial charge in [-0.2, -0.15) is 0 Å². The first-order chi connectivity index (χ1) is 10.2. The number of hydrogen-bond donors (Lipinski definition) is 2. The van der Waals surface area contributed by atoms with Crippen molar-refractivity contribution in [2.75, 3.05) is 6.54 Å². The number of benzene rings is 1. The van der Waals surface area contributed by atoms with Gasteiger partial charge in [0.05, 0.1) is 0 Å². The molecule has 3 rings (SSSR count). The lowest BCUT2D eigenvalue weighted by Crippen LogP contribution is -2.38. The Labute approximate surface area is 129 Å². The van der Waals surface area contributed by atoms with Crippen LogP contribution in [0.3, 0.4) is 0 Å². The summed E-state index contributed by atoms with van der Waals surface area (Å²) >= 11 is 1.78. The molecular formula is C17H22N2OS. The Kier molecular flexibility index (Phi) is 4.56. The van der Waals surface area contributed by atoms with Crippen molar-refractivity contribution < 1.29 is 4.79 Å². The van der Waals surface area contributed by atoms with E-state index in [9.17, 15) is 4.79 Å². The van der Waals surface area contributed by atoms with E-state index in [2.05, 4.69) is 35.0 Å². The van der Waals surface area contributed by atoms with Crippen LogP contribution in [0.5, 0.6) is 0 Å². The maximum absolute atomic E-state index is 11.8. The maximum atomic E-state index is 11.8. The van der Waals surface area contributed by atoms with Crippen LogP contribution in [-0.2, 0) is 11.2 Å². The summed E-state index contributed by atoms with van der Waals surface area (Å²) < 4.78 is 1.33. The zero-order chi connectivity index (χ0) is 14.7. The van der Waals surface area contributed by atoms with Crippen molar-refractivity contribution >= 4 is 27.3 Å². The largest absolute Gasteiger partial charge is 0.355 e. The van der Waals surface area contributed by atoms with E-state index >= 15 is 0 Å². The van der Waals surface area contributed by atoms with Crippen molar-refractivity contribution in [3.05, 3.63) is 35.2 Å². The first-order valence-electron chi connectivity index (χ1n) is 7.71. The molecule has 112 valence electrons. The Morgan fingerprint density at radius 1 is 1.38 bits per heavy atom. The Morgan fingerprint density at radius 2 is 2.19 bits per heavy atom. The predicted octanol–water partition coefficient (Wildman–Crippen LogP) is 3.08. The van der Waals surface area contributed by atoms with E-state index in [0.717, 1.165) is 12.8 Å². The third-order valence-electron chi connectivity index (χ3n) is 4.17. The molecule has 1 heterocycles. The highest BCUT2D eigenvalue weighted by molar-refractivity contribution is 7.17. The van der Waals surface area contributed by atoms with Gasteiger partial charge < -0.3 is 11.1 Å². The summed E-state index contributed by atoms with van der Waals surface area (Å²) in [5, 5.41) is 6.51. The first-order valence-corrected chi connectivity index (χ1v) is 8.59. The number of nitrogens with one attached hydrogen (secondary N) is 1. The van der Waals surface area contributed by atoms with Crippen LogP contribution >= 0.6 is 11.3 Å². The number of rotatable bonds is 7. The van der Waals surface area contributed by atoms with Crippen LogP contribution in [0, 0.1) is 5.92 Å². The number of carbonyl (C=O) groups is 1. The average Bonchev–Trinajstić information content (AvgIpc) is 3.27. The molecule has 3 nitrogen and oxygen atoms in total. The van der Waals surface area contributed by atoms with Crippen LogP contribution in [-0.4, -0.2) is 18.5 Å². The molecule has 2 aromatic rings. The summed E-state index contributed by atoms with van der Waals surface area (Å²) in [5.41, 5.74) is 7.34. The fourth-order valence-electron chi connectivity index (χ4n) is 2.68.